The normalized spacial score (nSPS) is 13.2. The van der Waals surface area contributed by atoms with Crippen molar-refractivity contribution in [2.24, 2.45) is 0 Å². The second-order valence-corrected chi connectivity index (χ2v) is 4.99. The molecule has 0 saturated heterocycles. The van der Waals surface area contributed by atoms with Crippen LogP contribution in [0.3, 0.4) is 0 Å². The van der Waals surface area contributed by atoms with E-state index in [2.05, 4.69) is 37.9 Å². The molecule has 0 spiro atoms. The average molecular weight is 242 g/mol. The summed E-state index contributed by atoms with van der Waals surface area (Å²) in [7, 11) is 0. The van der Waals surface area contributed by atoms with E-state index in [1.165, 1.54) is 51.6 Å². The van der Waals surface area contributed by atoms with E-state index in [9.17, 15) is 0 Å². The van der Waals surface area contributed by atoms with Crippen molar-refractivity contribution in [1.29, 1.82) is 0 Å². The summed E-state index contributed by atoms with van der Waals surface area (Å²) < 4.78 is 0. The van der Waals surface area contributed by atoms with Crippen molar-refractivity contribution in [1.82, 2.24) is 10.2 Å². The zero-order valence-electron chi connectivity index (χ0n) is 12.6. The molecule has 1 atom stereocenters. The Kier molecular flexibility index (Phi) is 12.3. The average Bonchev–Trinajstić information content (AvgIpc) is 2.35. The molecule has 0 bridgehead atoms. The first-order chi connectivity index (χ1) is 8.29. The van der Waals surface area contributed by atoms with Gasteiger partial charge in [-0.05, 0) is 38.9 Å². The fourth-order valence-corrected chi connectivity index (χ4v) is 2.26. The van der Waals surface area contributed by atoms with Gasteiger partial charge in [0.2, 0.25) is 0 Å². The van der Waals surface area contributed by atoms with Gasteiger partial charge in [-0.25, -0.2) is 0 Å². The van der Waals surface area contributed by atoms with Gasteiger partial charge in [0.1, 0.15) is 0 Å². The lowest BCUT2D eigenvalue weighted by atomic mass is 10.1. The Balaban J connectivity index is 4.20. The van der Waals surface area contributed by atoms with Crippen LogP contribution < -0.4 is 5.32 Å². The molecule has 2 heteroatoms. The summed E-state index contributed by atoms with van der Waals surface area (Å²) >= 11 is 0. The van der Waals surface area contributed by atoms with Gasteiger partial charge in [0.15, 0.2) is 0 Å². The molecule has 2 nitrogen and oxygen atoms in total. The maximum absolute atomic E-state index is 3.52. The van der Waals surface area contributed by atoms with Crippen LogP contribution in [0.4, 0.5) is 0 Å². The summed E-state index contributed by atoms with van der Waals surface area (Å²) in [6, 6.07) is 0.748. The third-order valence-electron chi connectivity index (χ3n) is 3.37. The van der Waals surface area contributed by atoms with Gasteiger partial charge in [0.25, 0.3) is 0 Å². The lowest BCUT2D eigenvalue weighted by Gasteiger charge is -2.32. The second-order valence-electron chi connectivity index (χ2n) is 4.99. The second kappa shape index (κ2) is 12.4. The van der Waals surface area contributed by atoms with Crippen molar-refractivity contribution >= 4 is 0 Å². The minimum atomic E-state index is 0.748. The van der Waals surface area contributed by atoms with Crippen LogP contribution >= 0.6 is 0 Å². The van der Waals surface area contributed by atoms with Gasteiger partial charge in [0, 0.05) is 12.6 Å². The Labute approximate surface area is 109 Å². The summed E-state index contributed by atoms with van der Waals surface area (Å²) in [5, 5.41) is 3.52. The van der Waals surface area contributed by atoms with Crippen LogP contribution in [0, 0.1) is 0 Å². The Hall–Kier alpha value is -0.0800. The monoisotopic (exact) mass is 242 g/mol. The molecule has 0 aromatic heterocycles. The summed E-state index contributed by atoms with van der Waals surface area (Å²) in [4.78, 5) is 2.72. The number of hydrogen-bond donors (Lipinski definition) is 1. The van der Waals surface area contributed by atoms with E-state index >= 15 is 0 Å². The van der Waals surface area contributed by atoms with Gasteiger partial charge >= 0.3 is 0 Å². The van der Waals surface area contributed by atoms with Crippen molar-refractivity contribution in [3.05, 3.63) is 0 Å². The lowest BCUT2D eigenvalue weighted by molar-refractivity contribution is 0.176. The van der Waals surface area contributed by atoms with E-state index in [-0.39, 0.29) is 0 Å². The molecule has 0 rings (SSSR count). The molecule has 0 fully saturated rings. The predicted molar refractivity (Wildman–Crippen MR) is 78.6 cm³/mol. The molecule has 0 aliphatic carbocycles. The summed E-state index contributed by atoms with van der Waals surface area (Å²) in [5.74, 6) is 0. The highest BCUT2D eigenvalue weighted by atomic mass is 15.2. The van der Waals surface area contributed by atoms with E-state index in [4.69, 9.17) is 0 Å². The fourth-order valence-electron chi connectivity index (χ4n) is 2.26. The van der Waals surface area contributed by atoms with Crippen molar-refractivity contribution < 1.29 is 0 Å². The van der Waals surface area contributed by atoms with Crippen LogP contribution in [0.15, 0.2) is 0 Å². The van der Waals surface area contributed by atoms with E-state index in [0.29, 0.717) is 0 Å². The molecule has 104 valence electrons. The summed E-state index contributed by atoms with van der Waals surface area (Å²) in [5.41, 5.74) is 0. The standard InChI is InChI=1S/C15H34N2/c1-5-9-12-17(13-10-6-2)15(11-7-3)14-16-8-4/h15-16H,5-14H2,1-4H3. The smallest absolute Gasteiger partial charge is 0.0220 e. The lowest BCUT2D eigenvalue weighted by Crippen LogP contribution is -2.43. The minimum absolute atomic E-state index is 0.748. The van der Waals surface area contributed by atoms with Gasteiger partial charge < -0.3 is 5.32 Å². The predicted octanol–water partition coefficient (Wildman–Crippen LogP) is 3.67. The van der Waals surface area contributed by atoms with Crippen molar-refractivity contribution in [2.45, 2.75) is 72.3 Å². The van der Waals surface area contributed by atoms with E-state index in [0.717, 1.165) is 19.1 Å². The number of nitrogens with zero attached hydrogens (tertiary/aromatic N) is 1. The first-order valence-corrected chi connectivity index (χ1v) is 7.74. The molecule has 0 aliphatic rings. The van der Waals surface area contributed by atoms with Crippen molar-refractivity contribution in [3.8, 4) is 0 Å². The Bertz CT molecular complexity index is 140. The molecule has 0 radical (unpaired) electrons. The van der Waals surface area contributed by atoms with Crippen LogP contribution in [0.2, 0.25) is 0 Å². The Morgan fingerprint density at radius 3 is 1.88 bits per heavy atom. The van der Waals surface area contributed by atoms with E-state index in [1.54, 1.807) is 0 Å². The van der Waals surface area contributed by atoms with Gasteiger partial charge in [0.05, 0.1) is 0 Å². The zero-order chi connectivity index (χ0) is 12.9. The van der Waals surface area contributed by atoms with Crippen LogP contribution in [-0.4, -0.2) is 37.1 Å². The summed E-state index contributed by atoms with van der Waals surface area (Å²) in [6.07, 6.45) is 7.93. The molecule has 1 unspecified atom stereocenters. The first kappa shape index (κ1) is 16.9. The SMILES string of the molecule is CCCCN(CCCC)C(CCC)CNCC. The van der Waals surface area contributed by atoms with Gasteiger partial charge in [-0.3, -0.25) is 4.90 Å². The van der Waals surface area contributed by atoms with Crippen LogP contribution in [0.1, 0.15) is 66.2 Å². The topological polar surface area (TPSA) is 15.3 Å². The molecule has 0 heterocycles. The molecule has 0 amide bonds. The molecular formula is C15H34N2. The largest absolute Gasteiger partial charge is 0.315 e. The highest BCUT2D eigenvalue weighted by Crippen LogP contribution is 2.10. The van der Waals surface area contributed by atoms with Gasteiger partial charge in [-0.1, -0.05) is 47.0 Å². The van der Waals surface area contributed by atoms with E-state index in [1.807, 2.05) is 0 Å². The number of likely N-dealkylation sites (N-methyl/N-ethyl adjacent to an activating group) is 1. The zero-order valence-corrected chi connectivity index (χ0v) is 12.6. The molecule has 0 aromatic carbocycles. The number of nitrogens with one attached hydrogen (secondary N) is 1. The molecule has 0 saturated carbocycles. The van der Waals surface area contributed by atoms with E-state index < -0.39 is 0 Å². The number of hydrogen-bond acceptors (Lipinski definition) is 2. The highest BCUT2D eigenvalue weighted by molar-refractivity contribution is 4.73. The first-order valence-electron chi connectivity index (χ1n) is 7.74. The minimum Gasteiger partial charge on any atom is -0.315 e. The third-order valence-corrected chi connectivity index (χ3v) is 3.37. The number of unbranched alkanes of at least 4 members (excludes halogenated alkanes) is 2. The molecule has 1 N–H and O–H groups in total. The maximum Gasteiger partial charge on any atom is 0.0220 e. The van der Waals surface area contributed by atoms with Crippen LogP contribution in [-0.2, 0) is 0 Å². The van der Waals surface area contributed by atoms with Crippen molar-refractivity contribution in [3.63, 3.8) is 0 Å². The Morgan fingerprint density at radius 1 is 0.882 bits per heavy atom. The van der Waals surface area contributed by atoms with Crippen LogP contribution in [0.25, 0.3) is 0 Å². The quantitative estimate of drug-likeness (QED) is 0.562. The Morgan fingerprint density at radius 2 is 1.47 bits per heavy atom. The molecule has 0 aromatic rings. The maximum atomic E-state index is 3.52. The molecule has 17 heavy (non-hydrogen) atoms. The third kappa shape index (κ3) is 8.62. The fraction of sp³-hybridized carbons (Fsp3) is 1.00. The molecular weight excluding hydrogens is 208 g/mol. The van der Waals surface area contributed by atoms with Gasteiger partial charge in [-0.15, -0.1) is 0 Å². The highest BCUT2D eigenvalue weighted by Gasteiger charge is 2.15. The van der Waals surface area contributed by atoms with Crippen LogP contribution in [0.5, 0.6) is 0 Å². The van der Waals surface area contributed by atoms with Gasteiger partial charge in [-0.2, -0.15) is 0 Å². The van der Waals surface area contributed by atoms with Crippen molar-refractivity contribution in [2.75, 3.05) is 26.2 Å². The molecule has 0 aliphatic heterocycles. The number of rotatable bonds is 12. The summed E-state index contributed by atoms with van der Waals surface area (Å²) in [6.45, 7) is 13.9.